The highest BCUT2D eigenvalue weighted by Gasteiger charge is 2.17. The molecule has 1 aromatic rings. The average Bonchev–Trinajstić information content (AvgIpc) is 2.02. The minimum Gasteiger partial charge on any atom is -0.491 e. The third-order valence-corrected chi connectivity index (χ3v) is 1.38. The maximum atomic E-state index is 12.7. The molecule has 0 aliphatic heterocycles. The van der Waals surface area contributed by atoms with Crippen molar-refractivity contribution >= 4 is 5.69 Å². The zero-order valence-corrected chi connectivity index (χ0v) is 6.52. The highest BCUT2D eigenvalue weighted by molar-refractivity contribution is 5.56. The number of hydrogen-bond donors (Lipinski definition) is 0. The van der Waals surface area contributed by atoms with Crippen molar-refractivity contribution in [1.29, 1.82) is 0 Å². The van der Waals surface area contributed by atoms with Crippen molar-refractivity contribution in [2.75, 3.05) is 12.5 Å². The van der Waals surface area contributed by atoms with Crippen molar-refractivity contribution in [1.82, 2.24) is 0 Å². The van der Waals surface area contributed by atoms with Gasteiger partial charge in [-0.15, -0.1) is 0 Å². The van der Waals surface area contributed by atoms with Crippen LogP contribution in [0.5, 0.6) is 5.75 Å². The molecule has 0 amide bonds. The molecule has 0 saturated carbocycles. The molecule has 0 N–H and O–H groups in total. The molecule has 0 bridgehead atoms. The molecule has 0 aromatic heterocycles. The normalized spacial score (nSPS) is 9.92. The second-order valence-corrected chi connectivity index (χ2v) is 2.17. The van der Waals surface area contributed by atoms with Crippen LogP contribution in [0.4, 0.5) is 23.4 Å². The third kappa shape index (κ3) is 1.82. The molecule has 0 atom stereocenters. The summed E-state index contributed by atoms with van der Waals surface area (Å²) in [5.74, 6) is -2.95. The minimum absolute atomic E-state index is 0.464. The van der Waals surface area contributed by atoms with Gasteiger partial charge in [-0.05, 0) is 5.34 Å². The molecule has 0 spiro atoms. The van der Waals surface area contributed by atoms with E-state index in [1.807, 2.05) is 0 Å². The van der Waals surface area contributed by atoms with Gasteiger partial charge in [-0.3, -0.25) is 0 Å². The van der Waals surface area contributed by atoms with Crippen molar-refractivity contribution in [3.63, 3.8) is 0 Å². The first-order valence-electron chi connectivity index (χ1n) is 3.21. The van der Waals surface area contributed by atoms with Crippen LogP contribution in [-0.2, 0) is 0 Å². The quantitative estimate of drug-likeness (QED) is 0.531. The maximum absolute atomic E-state index is 12.7. The first kappa shape index (κ1) is 9.63. The molecule has 0 aliphatic carbocycles. The second kappa shape index (κ2) is 3.51. The Balaban J connectivity index is 3.29. The molecule has 1 rings (SSSR count). The van der Waals surface area contributed by atoms with Crippen LogP contribution in [0.25, 0.3) is 0 Å². The lowest BCUT2D eigenvalue weighted by molar-refractivity contribution is 0.228. The topological polar surface area (TPSA) is 12.5 Å². The fourth-order valence-corrected chi connectivity index (χ4v) is 0.874. The Bertz CT molecular complexity index is 316. The molecule has 13 heavy (non-hydrogen) atoms. The molecule has 0 unspecified atom stereocenters. The fourth-order valence-electron chi connectivity index (χ4n) is 0.874. The number of halogens is 4. The predicted molar refractivity (Wildman–Crippen MR) is 37.6 cm³/mol. The fraction of sp³-hybridized carbons (Fsp3) is 0.143. The number of benzene rings is 1. The molecule has 1 aromatic carbocycles. The molecular weight excluding hydrogens is 190 g/mol. The second-order valence-electron chi connectivity index (χ2n) is 2.17. The lowest BCUT2D eigenvalue weighted by Crippen LogP contribution is -2.02. The van der Waals surface area contributed by atoms with E-state index in [1.54, 1.807) is 0 Å². The van der Waals surface area contributed by atoms with Gasteiger partial charge in [-0.1, -0.05) is 8.96 Å². The Labute approximate surface area is 71.2 Å². The largest absolute Gasteiger partial charge is 0.491 e. The average molecular weight is 195 g/mol. The monoisotopic (exact) mass is 195 g/mol. The van der Waals surface area contributed by atoms with Gasteiger partial charge < -0.3 is 4.74 Å². The number of hydrogen-bond acceptors (Lipinski definition) is 2. The van der Waals surface area contributed by atoms with Crippen LogP contribution in [0.1, 0.15) is 0 Å². The van der Waals surface area contributed by atoms with Crippen molar-refractivity contribution in [3.8, 4) is 5.75 Å². The van der Waals surface area contributed by atoms with Gasteiger partial charge in [-0.25, -0.2) is 8.78 Å². The van der Waals surface area contributed by atoms with E-state index in [2.05, 4.69) is 4.74 Å². The van der Waals surface area contributed by atoms with Crippen LogP contribution in [0.2, 0.25) is 0 Å². The predicted octanol–water partition coefficient (Wildman–Crippen LogP) is 2.55. The summed E-state index contributed by atoms with van der Waals surface area (Å²) in [5.41, 5.74) is -0.944. The molecule has 0 aliphatic rings. The van der Waals surface area contributed by atoms with Crippen LogP contribution in [0, 0.1) is 11.6 Å². The highest BCUT2D eigenvalue weighted by atomic mass is 19.4. The summed E-state index contributed by atoms with van der Waals surface area (Å²) in [6.45, 7) is 0. The van der Waals surface area contributed by atoms with Crippen LogP contribution in [-0.4, -0.2) is 7.11 Å². The molecule has 0 radical (unpaired) electrons. The molecule has 0 heterocycles. The zero-order valence-electron chi connectivity index (χ0n) is 6.52. The van der Waals surface area contributed by atoms with Crippen LogP contribution >= 0.6 is 0 Å². The molecular formula is C7H5F4NO. The third-order valence-electron chi connectivity index (χ3n) is 1.38. The lowest BCUT2D eigenvalue weighted by Gasteiger charge is -2.09. The molecule has 2 nitrogen and oxygen atoms in total. The van der Waals surface area contributed by atoms with Gasteiger partial charge in [-0.2, -0.15) is 0 Å². The Morgan fingerprint density at radius 2 is 1.85 bits per heavy atom. The summed E-state index contributed by atoms with van der Waals surface area (Å²) >= 11 is 0. The molecule has 0 saturated heterocycles. The zero-order chi connectivity index (χ0) is 10.0. The molecule has 72 valence electrons. The van der Waals surface area contributed by atoms with E-state index in [9.17, 15) is 17.7 Å². The number of ether oxygens (including phenoxy) is 1. The number of rotatable bonds is 2. The smallest absolute Gasteiger partial charge is 0.183 e. The van der Waals surface area contributed by atoms with Gasteiger partial charge in [0, 0.05) is 12.1 Å². The van der Waals surface area contributed by atoms with E-state index in [0.29, 0.717) is 12.1 Å². The Morgan fingerprint density at radius 3 is 2.31 bits per heavy atom. The SMILES string of the molecule is COc1c(F)cc(F)cc1N(F)F. The Hall–Kier alpha value is -1.46. The standard InChI is InChI=1S/C7H5F4NO/c1-13-7-5(9)2-4(8)3-6(7)12(10)11/h2-3H,1H3. The van der Waals surface area contributed by atoms with Gasteiger partial charge in [0.15, 0.2) is 17.3 Å². The van der Waals surface area contributed by atoms with Crippen molar-refractivity contribution in [2.45, 2.75) is 0 Å². The number of methoxy groups -OCH3 is 1. The molecule has 6 heteroatoms. The van der Waals surface area contributed by atoms with Crippen LogP contribution < -0.4 is 10.1 Å². The van der Waals surface area contributed by atoms with Gasteiger partial charge >= 0.3 is 0 Å². The maximum Gasteiger partial charge on any atom is 0.183 e. The van der Waals surface area contributed by atoms with E-state index in [-0.39, 0.29) is 0 Å². The van der Waals surface area contributed by atoms with Gasteiger partial charge in [0.2, 0.25) is 0 Å². The van der Waals surface area contributed by atoms with E-state index < -0.39 is 28.4 Å². The van der Waals surface area contributed by atoms with E-state index in [4.69, 9.17) is 0 Å². The summed E-state index contributed by atoms with van der Waals surface area (Å²) in [5, 5.41) is -1.41. The van der Waals surface area contributed by atoms with Crippen LogP contribution in [0.15, 0.2) is 12.1 Å². The summed E-state index contributed by atoms with van der Waals surface area (Å²) in [7, 11) is 1.02. The van der Waals surface area contributed by atoms with Crippen LogP contribution in [0.3, 0.4) is 0 Å². The van der Waals surface area contributed by atoms with Gasteiger partial charge in [0.1, 0.15) is 5.82 Å². The van der Waals surface area contributed by atoms with E-state index in [0.717, 1.165) is 7.11 Å². The lowest BCUT2D eigenvalue weighted by atomic mass is 10.3. The Kier molecular flexibility index (Phi) is 2.60. The summed E-state index contributed by atoms with van der Waals surface area (Å²) in [4.78, 5) is 0. The summed E-state index contributed by atoms with van der Waals surface area (Å²) < 4.78 is 53.5. The first-order chi connectivity index (χ1) is 6.06. The summed E-state index contributed by atoms with van der Waals surface area (Å²) in [6, 6.07) is 0.938. The first-order valence-corrected chi connectivity index (χ1v) is 3.21. The van der Waals surface area contributed by atoms with Crippen molar-refractivity contribution < 1.29 is 22.5 Å². The summed E-state index contributed by atoms with van der Waals surface area (Å²) in [6.07, 6.45) is 0. The van der Waals surface area contributed by atoms with E-state index >= 15 is 0 Å². The van der Waals surface area contributed by atoms with Gasteiger partial charge in [0.05, 0.1) is 7.11 Å². The minimum atomic E-state index is -1.41. The van der Waals surface area contributed by atoms with Crippen molar-refractivity contribution in [3.05, 3.63) is 23.8 Å². The number of nitrogens with zero attached hydrogens (tertiary/aromatic N) is 1. The van der Waals surface area contributed by atoms with Crippen molar-refractivity contribution in [2.24, 2.45) is 0 Å². The molecule has 0 fully saturated rings. The highest BCUT2D eigenvalue weighted by Crippen LogP contribution is 2.32. The number of anilines is 1. The van der Waals surface area contributed by atoms with E-state index in [1.165, 1.54) is 0 Å². The van der Waals surface area contributed by atoms with Gasteiger partial charge in [0.25, 0.3) is 0 Å². The Morgan fingerprint density at radius 1 is 1.23 bits per heavy atom.